The average Bonchev–Trinajstić information content (AvgIpc) is 2.33. The third-order valence-electron chi connectivity index (χ3n) is 1.98. The van der Waals surface area contributed by atoms with Gasteiger partial charge < -0.3 is 14.8 Å². The summed E-state index contributed by atoms with van der Waals surface area (Å²) in [6, 6.07) is 6.30. The van der Waals surface area contributed by atoms with Gasteiger partial charge in [-0.2, -0.15) is 0 Å². The normalized spacial score (nSPS) is 10.1. The van der Waals surface area contributed by atoms with Gasteiger partial charge in [0, 0.05) is 17.7 Å². The topological polar surface area (TPSA) is 75.5 Å². The maximum absolute atomic E-state index is 8.88. The van der Waals surface area contributed by atoms with Crippen molar-refractivity contribution in [1.29, 1.82) is 0 Å². The van der Waals surface area contributed by atoms with E-state index in [1.807, 2.05) is 0 Å². The van der Waals surface area contributed by atoms with E-state index in [2.05, 4.69) is 9.97 Å². The molecule has 0 unspecified atom stereocenters. The van der Waals surface area contributed by atoms with E-state index in [4.69, 9.17) is 26.4 Å². The Morgan fingerprint density at radius 2 is 1.88 bits per heavy atom. The Bertz CT molecular complexity index is 490. The van der Waals surface area contributed by atoms with Crippen molar-refractivity contribution >= 4 is 24.2 Å². The highest BCUT2D eigenvalue weighted by Crippen LogP contribution is 2.18. The molecule has 0 saturated heterocycles. The van der Waals surface area contributed by atoms with Crippen molar-refractivity contribution in [2.24, 2.45) is 0 Å². The molecular formula is C10H8BClN2O3. The third kappa shape index (κ3) is 3.16. The fourth-order valence-electron chi connectivity index (χ4n) is 1.15. The standard InChI is InChI=1S/C10H8BClN2O3/c12-9-3-2-8(6-13-9)17-10-4-1-7(5-14-10)11(15)16/h1-6,15-16H. The van der Waals surface area contributed by atoms with Crippen LogP contribution in [0.15, 0.2) is 36.7 Å². The summed E-state index contributed by atoms with van der Waals surface area (Å²) < 4.78 is 5.37. The average molecular weight is 250 g/mol. The van der Waals surface area contributed by atoms with E-state index in [1.165, 1.54) is 24.5 Å². The minimum Gasteiger partial charge on any atom is -0.437 e. The molecule has 2 aromatic heterocycles. The predicted molar refractivity (Wildman–Crippen MR) is 63.4 cm³/mol. The van der Waals surface area contributed by atoms with E-state index in [0.717, 1.165) is 0 Å². The van der Waals surface area contributed by atoms with Gasteiger partial charge in [-0.05, 0) is 12.1 Å². The highest BCUT2D eigenvalue weighted by Gasteiger charge is 2.11. The minimum absolute atomic E-state index is 0.298. The fraction of sp³-hybridized carbons (Fsp3) is 0. The van der Waals surface area contributed by atoms with E-state index in [0.29, 0.717) is 22.2 Å². The lowest BCUT2D eigenvalue weighted by molar-refractivity contribution is 0.425. The number of aromatic nitrogens is 2. The molecule has 2 aromatic rings. The van der Waals surface area contributed by atoms with Crippen LogP contribution in [0.2, 0.25) is 5.15 Å². The summed E-state index contributed by atoms with van der Waals surface area (Å²) >= 11 is 5.63. The van der Waals surface area contributed by atoms with Crippen molar-refractivity contribution in [2.75, 3.05) is 0 Å². The van der Waals surface area contributed by atoms with Crippen molar-refractivity contribution < 1.29 is 14.8 Å². The number of halogens is 1. The molecule has 0 saturated carbocycles. The molecule has 17 heavy (non-hydrogen) atoms. The van der Waals surface area contributed by atoms with Crippen LogP contribution in [0.3, 0.4) is 0 Å². The van der Waals surface area contributed by atoms with E-state index in [-0.39, 0.29) is 0 Å². The van der Waals surface area contributed by atoms with Gasteiger partial charge in [0.15, 0.2) is 0 Å². The van der Waals surface area contributed by atoms with Crippen LogP contribution in [-0.4, -0.2) is 27.1 Å². The fourth-order valence-corrected chi connectivity index (χ4v) is 1.26. The Kier molecular flexibility index (Phi) is 3.58. The molecule has 5 nitrogen and oxygen atoms in total. The minimum atomic E-state index is -1.53. The molecule has 0 aromatic carbocycles. The second-order valence-corrected chi connectivity index (χ2v) is 3.61. The van der Waals surface area contributed by atoms with Gasteiger partial charge in [0.25, 0.3) is 0 Å². The second kappa shape index (κ2) is 5.14. The molecule has 86 valence electrons. The Morgan fingerprint density at radius 1 is 1.06 bits per heavy atom. The summed E-state index contributed by atoms with van der Waals surface area (Å²) in [5.41, 5.74) is 0.298. The molecule has 0 spiro atoms. The van der Waals surface area contributed by atoms with Crippen LogP contribution in [0.5, 0.6) is 11.6 Å². The molecule has 2 heterocycles. The van der Waals surface area contributed by atoms with Crippen molar-refractivity contribution in [3.8, 4) is 11.6 Å². The molecule has 0 aliphatic rings. The summed E-state index contributed by atoms with van der Waals surface area (Å²) in [6.07, 6.45) is 2.79. The zero-order valence-electron chi connectivity index (χ0n) is 8.62. The van der Waals surface area contributed by atoms with Crippen molar-refractivity contribution in [2.45, 2.75) is 0 Å². The number of hydrogen-bond acceptors (Lipinski definition) is 5. The zero-order valence-corrected chi connectivity index (χ0v) is 9.37. The highest BCUT2D eigenvalue weighted by molar-refractivity contribution is 6.58. The van der Waals surface area contributed by atoms with Gasteiger partial charge in [0.2, 0.25) is 5.88 Å². The van der Waals surface area contributed by atoms with Crippen LogP contribution in [0.1, 0.15) is 0 Å². The van der Waals surface area contributed by atoms with E-state index < -0.39 is 7.12 Å². The largest absolute Gasteiger partial charge is 0.490 e. The summed E-state index contributed by atoms with van der Waals surface area (Å²) in [4.78, 5) is 7.77. The molecule has 0 aliphatic carbocycles. The molecule has 2 rings (SSSR count). The molecule has 0 atom stereocenters. The molecule has 2 N–H and O–H groups in total. The molecule has 0 aliphatic heterocycles. The van der Waals surface area contributed by atoms with Gasteiger partial charge in [0.05, 0.1) is 6.20 Å². The number of hydrogen-bond donors (Lipinski definition) is 2. The molecule has 7 heteroatoms. The predicted octanol–water partition coefficient (Wildman–Crippen LogP) is 0.602. The first kappa shape index (κ1) is 11.8. The third-order valence-corrected chi connectivity index (χ3v) is 2.20. The van der Waals surface area contributed by atoms with Crippen LogP contribution in [-0.2, 0) is 0 Å². The van der Waals surface area contributed by atoms with Gasteiger partial charge in [0.1, 0.15) is 10.9 Å². The van der Waals surface area contributed by atoms with E-state index >= 15 is 0 Å². The molecule has 0 radical (unpaired) electrons. The lowest BCUT2D eigenvalue weighted by Gasteiger charge is -2.04. The lowest BCUT2D eigenvalue weighted by atomic mass is 9.82. The van der Waals surface area contributed by atoms with Gasteiger partial charge in [-0.15, -0.1) is 0 Å². The first-order chi connectivity index (χ1) is 8.15. The van der Waals surface area contributed by atoms with Crippen LogP contribution in [0.25, 0.3) is 0 Å². The number of rotatable bonds is 3. The van der Waals surface area contributed by atoms with Crippen molar-refractivity contribution in [1.82, 2.24) is 9.97 Å². The molecule has 0 bridgehead atoms. The quantitative estimate of drug-likeness (QED) is 0.616. The first-order valence-corrected chi connectivity index (χ1v) is 5.14. The monoisotopic (exact) mass is 250 g/mol. The van der Waals surface area contributed by atoms with Gasteiger partial charge in [-0.3, -0.25) is 0 Å². The summed E-state index contributed by atoms with van der Waals surface area (Å²) in [5.74, 6) is 0.831. The first-order valence-electron chi connectivity index (χ1n) is 4.76. The van der Waals surface area contributed by atoms with Crippen molar-refractivity contribution in [3.63, 3.8) is 0 Å². The lowest BCUT2D eigenvalue weighted by Crippen LogP contribution is -2.29. The highest BCUT2D eigenvalue weighted by atomic mass is 35.5. The number of ether oxygens (including phenoxy) is 1. The Morgan fingerprint density at radius 3 is 2.41 bits per heavy atom. The van der Waals surface area contributed by atoms with E-state index in [9.17, 15) is 0 Å². The molecule has 0 fully saturated rings. The van der Waals surface area contributed by atoms with Crippen molar-refractivity contribution in [3.05, 3.63) is 41.8 Å². The summed E-state index contributed by atoms with van der Waals surface area (Å²) in [5, 5.41) is 18.1. The second-order valence-electron chi connectivity index (χ2n) is 3.22. The van der Waals surface area contributed by atoms with Crippen LogP contribution >= 0.6 is 11.6 Å². The number of pyridine rings is 2. The van der Waals surface area contributed by atoms with Crippen LogP contribution in [0, 0.1) is 0 Å². The smallest absolute Gasteiger partial charge is 0.437 e. The Hall–Kier alpha value is -1.63. The molecular weight excluding hydrogens is 242 g/mol. The maximum Gasteiger partial charge on any atom is 0.490 e. The van der Waals surface area contributed by atoms with Crippen LogP contribution < -0.4 is 10.2 Å². The molecule has 0 amide bonds. The number of nitrogens with zero attached hydrogens (tertiary/aromatic N) is 2. The zero-order chi connectivity index (χ0) is 12.3. The summed E-state index contributed by atoms with van der Waals surface area (Å²) in [6.45, 7) is 0. The Labute approximate surface area is 103 Å². The Balaban J connectivity index is 2.11. The summed E-state index contributed by atoms with van der Waals surface area (Å²) in [7, 11) is -1.53. The van der Waals surface area contributed by atoms with E-state index in [1.54, 1.807) is 12.1 Å². The van der Waals surface area contributed by atoms with Gasteiger partial charge >= 0.3 is 7.12 Å². The SMILES string of the molecule is OB(O)c1ccc(Oc2ccc(Cl)nc2)nc1. The van der Waals surface area contributed by atoms with Gasteiger partial charge in [-0.25, -0.2) is 9.97 Å². The van der Waals surface area contributed by atoms with Gasteiger partial charge in [-0.1, -0.05) is 17.7 Å². The maximum atomic E-state index is 8.88. The van der Waals surface area contributed by atoms with Crippen LogP contribution in [0.4, 0.5) is 0 Å².